The van der Waals surface area contributed by atoms with E-state index in [1.165, 1.54) is 18.2 Å². The zero-order chi connectivity index (χ0) is 15.4. The minimum absolute atomic E-state index is 0.0376. The second-order valence-electron chi connectivity index (χ2n) is 4.06. The Bertz CT molecular complexity index is 706. The molecule has 21 heavy (non-hydrogen) atoms. The van der Waals surface area contributed by atoms with Crippen molar-refractivity contribution in [3.05, 3.63) is 57.5 Å². The molecule has 0 saturated carbocycles. The van der Waals surface area contributed by atoms with Gasteiger partial charge < -0.3 is 15.7 Å². The van der Waals surface area contributed by atoms with E-state index in [9.17, 15) is 9.59 Å². The van der Waals surface area contributed by atoms with Gasteiger partial charge in [-0.25, -0.2) is 9.59 Å². The Kier molecular flexibility index (Phi) is 4.82. The number of hydrogen-bond donors (Lipinski definition) is 3. The van der Waals surface area contributed by atoms with Crippen molar-refractivity contribution in [2.24, 2.45) is 0 Å². The number of rotatable bonds is 3. The van der Waals surface area contributed by atoms with Gasteiger partial charge in [0.25, 0.3) is 0 Å². The number of carbonyl (C=O) groups excluding carboxylic acids is 1. The number of nitrogens with one attached hydrogen (secondary N) is 2. The lowest BCUT2D eigenvalue weighted by Gasteiger charge is -2.10. The van der Waals surface area contributed by atoms with Crippen molar-refractivity contribution < 1.29 is 14.7 Å². The van der Waals surface area contributed by atoms with Crippen molar-refractivity contribution in [3.63, 3.8) is 0 Å². The summed E-state index contributed by atoms with van der Waals surface area (Å²) in [6.45, 7) is 0. The second-order valence-corrected chi connectivity index (χ2v) is 5.32. The number of carboxylic acid groups (broad SMARTS) is 1. The number of halogens is 2. The first-order valence-corrected chi connectivity index (χ1v) is 7.00. The fourth-order valence-electron chi connectivity index (χ4n) is 1.59. The monoisotopic (exact) mass is 368 g/mol. The lowest BCUT2D eigenvalue weighted by Crippen LogP contribution is -2.20. The molecular formula is C14H10BrClN2O3. The Hall–Kier alpha value is -2.05. The van der Waals surface area contributed by atoms with Crippen LogP contribution in [0.25, 0.3) is 0 Å². The standard InChI is InChI=1S/C14H10BrClN2O3/c15-9-3-1-2-4-11(9)17-14(21)18-12-7-8(13(19)20)5-6-10(12)16/h1-7H,(H,19,20)(H2,17,18,21). The van der Waals surface area contributed by atoms with Gasteiger partial charge in [0.15, 0.2) is 0 Å². The molecule has 3 N–H and O–H groups in total. The number of aromatic carboxylic acids is 1. The smallest absolute Gasteiger partial charge is 0.335 e. The molecule has 0 saturated heterocycles. The number of para-hydroxylation sites is 1. The molecule has 7 heteroatoms. The van der Waals surface area contributed by atoms with Crippen LogP contribution in [0.3, 0.4) is 0 Å². The molecular weight excluding hydrogens is 360 g/mol. The summed E-state index contributed by atoms with van der Waals surface area (Å²) in [5.41, 5.74) is 0.845. The van der Waals surface area contributed by atoms with E-state index in [0.29, 0.717) is 5.69 Å². The number of amides is 2. The van der Waals surface area contributed by atoms with Crippen LogP contribution in [0.5, 0.6) is 0 Å². The molecule has 5 nitrogen and oxygen atoms in total. The van der Waals surface area contributed by atoms with Crippen LogP contribution < -0.4 is 10.6 Å². The molecule has 2 rings (SSSR count). The Morgan fingerprint density at radius 2 is 1.71 bits per heavy atom. The van der Waals surface area contributed by atoms with Gasteiger partial charge in [-0.05, 0) is 46.3 Å². The molecule has 0 spiro atoms. The molecule has 0 aliphatic carbocycles. The maximum Gasteiger partial charge on any atom is 0.335 e. The summed E-state index contributed by atoms with van der Waals surface area (Å²) < 4.78 is 0.727. The highest BCUT2D eigenvalue weighted by Gasteiger charge is 2.11. The summed E-state index contributed by atoms with van der Waals surface area (Å²) in [5.74, 6) is -1.10. The summed E-state index contributed by atoms with van der Waals surface area (Å²) in [6, 6.07) is 10.7. The first kappa shape index (κ1) is 15.3. The van der Waals surface area contributed by atoms with Crippen molar-refractivity contribution in [3.8, 4) is 0 Å². The van der Waals surface area contributed by atoms with Crippen LogP contribution in [0.1, 0.15) is 10.4 Å². The van der Waals surface area contributed by atoms with Crippen LogP contribution in [-0.4, -0.2) is 17.1 Å². The third-order valence-electron chi connectivity index (χ3n) is 2.58. The average Bonchev–Trinajstić information content (AvgIpc) is 2.43. The zero-order valence-electron chi connectivity index (χ0n) is 10.6. The van der Waals surface area contributed by atoms with Gasteiger partial charge in [0.2, 0.25) is 0 Å². The molecule has 0 aliphatic rings. The van der Waals surface area contributed by atoms with Crippen molar-refractivity contribution in [2.75, 3.05) is 10.6 Å². The van der Waals surface area contributed by atoms with Crippen molar-refractivity contribution >= 4 is 50.9 Å². The number of anilines is 2. The highest BCUT2D eigenvalue weighted by molar-refractivity contribution is 9.10. The first-order valence-electron chi connectivity index (χ1n) is 5.83. The summed E-state index contributed by atoms with van der Waals surface area (Å²) in [4.78, 5) is 22.8. The van der Waals surface area contributed by atoms with E-state index in [1.807, 2.05) is 6.07 Å². The van der Waals surface area contributed by atoms with Crippen LogP contribution in [-0.2, 0) is 0 Å². The Balaban J connectivity index is 2.15. The topological polar surface area (TPSA) is 78.4 Å². The SMILES string of the molecule is O=C(Nc1cc(C(=O)O)ccc1Cl)Nc1ccccc1Br. The fraction of sp³-hybridized carbons (Fsp3) is 0. The molecule has 2 amide bonds. The van der Waals surface area contributed by atoms with Crippen LogP contribution in [0.2, 0.25) is 5.02 Å². The number of urea groups is 1. The zero-order valence-corrected chi connectivity index (χ0v) is 12.9. The van der Waals surface area contributed by atoms with Crippen LogP contribution >= 0.6 is 27.5 Å². The third kappa shape index (κ3) is 3.96. The summed E-state index contributed by atoms with van der Waals surface area (Å²) in [5, 5.41) is 14.3. The van der Waals surface area contributed by atoms with E-state index in [1.54, 1.807) is 18.2 Å². The Morgan fingerprint density at radius 3 is 2.38 bits per heavy atom. The van der Waals surface area contributed by atoms with Gasteiger partial charge in [0.1, 0.15) is 0 Å². The Morgan fingerprint density at radius 1 is 1.05 bits per heavy atom. The van der Waals surface area contributed by atoms with Crippen molar-refractivity contribution in [2.45, 2.75) is 0 Å². The van der Waals surface area contributed by atoms with Gasteiger partial charge in [0.05, 0.1) is 22.0 Å². The number of benzene rings is 2. The largest absolute Gasteiger partial charge is 0.478 e. The molecule has 2 aromatic carbocycles. The average molecular weight is 370 g/mol. The highest BCUT2D eigenvalue weighted by Crippen LogP contribution is 2.25. The molecule has 2 aromatic rings. The van der Waals surface area contributed by atoms with Gasteiger partial charge in [-0.2, -0.15) is 0 Å². The van der Waals surface area contributed by atoms with Gasteiger partial charge in [0, 0.05) is 4.47 Å². The highest BCUT2D eigenvalue weighted by atomic mass is 79.9. The molecule has 0 radical (unpaired) electrons. The van der Waals surface area contributed by atoms with Crippen LogP contribution in [0, 0.1) is 0 Å². The fourth-order valence-corrected chi connectivity index (χ4v) is 2.14. The number of hydrogen-bond acceptors (Lipinski definition) is 2. The van der Waals surface area contributed by atoms with Gasteiger partial charge in [-0.3, -0.25) is 0 Å². The Labute approximate surface area is 134 Å². The molecule has 0 heterocycles. The van der Waals surface area contributed by atoms with Crippen LogP contribution in [0.4, 0.5) is 16.2 Å². The molecule has 0 bridgehead atoms. The molecule has 0 fully saturated rings. The lowest BCUT2D eigenvalue weighted by molar-refractivity contribution is 0.0697. The number of carbonyl (C=O) groups is 2. The predicted molar refractivity (Wildman–Crippen MR) is 85.2 cm³/mol. The normalized spacial score (nSPS) is 10.0. The van der Waals surface area contributed by atoms with Gasteiger partial charge >= 0.3 is 12.0 Å². The van der Waals surface area contributed by atoms with E-state index >= 15 is 0 Å². The molecule has 0 aromatic heterocycles. The van der Waals surface area contributed by atoms with E-state index in [-0.39, 0.29) is 16.3 Å². The molecule has 0 unspecified atom stereocenters. The van der Waals surface area contributed by atoms with Gasteiger partial charge in [-0.15, -0.1) is 0 Å². The minimum atomic E-state index is -1.10. The lowest BCUT2D eigenvalue weighted by atomic mass is 10.2. The summed E-state index contributed by atoms with van der Waals surface area (Å²) in [6.07, 6.45) is 0. The van der Waals surface area contributed by atoms with Gasteiger partial charge in [-0.1, -0.05) is 23.7 Å². The van der Waals surface area contributed by atoms with Crippen LogP contribution in [0.15, 0.2) is 46.9 Å². The maximum atomic E-state index is 11.9. The first-order chi connectivity index (χ1) is 9.97. The molecule has 0 atom stereocenters. The maximum absolute atomic E-state index is 11.9. The summed E-state index contributed by atoms with van der Waals surface area (Å²) >= 11 is 9.24. The predicted octanol–water partition coefficient (Wildman–Crippen LogP) is 4.44. The number of carboxylic acids is 1. The quantitative estimate of drug-likeness (QED) is 0.748. The van der Waals surface area contributed by atoms with E-state index in [4.69, 9.17) is 16.7 Å². The van der Waals surface area contributed by atoms with E-state index < -0.39 is 12.0 Å². The van der Waals surface area contributed by atoms with E-state index in [2.05, 4.69) is 26.6 Å². The second kappa shape index (κ2) is 6.60. The molecule has 0 aliphatic heterocycles. The third-order valence-corrected chi connectivity index (χ3v) is 3.60. The molecule has 108 valence electrons. The summed E-state index contributed by atoms with van der Waals surface area (Å²) in [7, 11) is 0. The van der Waals surface area contributed by atoms with Crippen molar-refractivity contribution in [1.29, 1.82) is 0 Å². The van der Waals surface area contributed by atoms with E-state index in [0.717, 1.165) is 4.47 Å². The minimum Gasteiger partial charge on any atom is -0.478 e. The van der Waals surface area contributed by atoms with Crippen molar-refractivity contribution in [1.82, 2.24) is 0 Å².